The van der Waals surface area contributed by atoms with Gasteiger partial charge in [-0.3, -0.25) is 9.69 Å². The molecule has 1 saturated heterocycles. The smallest absolute Gasteiger partial charge is 0.220 e. The summed E-state index contributed by atoms with van der Waals surface area (Å²) in [5.74, 6) is 2.24. The molecule has 1 atom stereocenters. The Kier molecular flexibility index (Phi) is 8.14. The van der Waals surface area contributed by atoms with Gasteiger partial charge in [-0.05, 0) is 60.5 Å². The van der Waals surface area contributed by atoms with Crippen molar-refractivity contribution >= 4 is 5.91 Å². The Morgan fingerprint density at radius 1 is 1.03 bits per heavy atom. The molecule has 1 N–H and O–H groups in total. The van der Waals surface area contributed by atoms with E-state index in [1.54, 1.807) is 14.2 Å². The fourth-order valence-corrected chi connectivity index (χ4v) is 4.03. The maximum Gasteiger partial charge on any atom is 0.220 e. The fourth-order valence-electron chi connectivity index (χ4n) is 4.03. The van der Waals surface area contributed by atoms with E-state index in [-0.39, 0.29) is 5.91 Å². The molecule has 162 valence electrons. The average Bonchev–Trinajstić information content (AvgIpc) is 2.77. The molecule has 0 aliphatic carbocycles. The molecule has 0 saturated carbocycles. The van der Waals surface area contributed by atoms with Crippen LogP contribution in [0.2, 0.25) is 0 Å². The Morgan fingerprint density at radius 3 is 2.43 bits per heavy atom. The van der Waals surface area contributed by atoms with Crippen LogP contribution in [-0.4, -0.2) is 38.1 Å². The highest BCUT2D eigenvalue weighted by molar-refractivity contribution is 5.76. The van der Waals surface area contributed by atoms with E-state index in [4.69, 9.17) is 9.47 Å². The normalized spacial score (nSPS) is 16.8. The molecule has 1 amide bonds. The zero-order chi connectivity index (χ0) is 21.3. The maximum atomic E-state index is 12.3. The van der Waals surface area contributed by atoms with Gasteiger partial charge in [0.25, 0.3) is 0 Å². The van der Waals surface area contributed by atoms with E-state index in [0.29, 0.717) is 30.9 Å². The van der Waals surface area contributed by atoms with Crippen molar-refractivity contribution in [3.63, 3.8) is 0 Å². The molecular weight excluding hydrogens is 376 g/mol. The molecule has 2 aromatic carbocycles. The van der Waals surface area contributed by atoms with Crippen molar-refractivity contribution in [1.29, 1.82) is 0 Å². The van der Waals surface area contributed by atoms with Gasteiger partial charge in [-0.15, -0.1) is 0 Å². The molecule has 0 bridgehead atoms. The predicted molar refractivity (Wildman–Crippen MR) is 120 cm³/mol. The van der Waals surface area contributed by atoms with Crippen LogP contribution in [0.5, 0.6) is 11.5 Å². The van der Waals surface area contributed by atoms with Crippen molar-refractivity contribution in [2.45, 2.75) is 45.7 Å². The highest BCUT2D eigenvalue weighted by Gasteiger charge is 2.16. The number of nitrogens with zero attached hydrogens (tertiary/aromatic N) is 1. The lowest BCUT2D eigenvalue weighted by molar-refractivity contribution is -0.121. The summed E-state index contributed by atoms with van der Waals surface area (Å²) in [4.78, 5) is 14.8. The standard InChI is InChI=1S/C25H34N2O3/c1-19-5-4-14-27(17-19)18-22-8-6-21(7-9-22)16-26-25(28)13-11-20-10-12-23(29-2)24(15-20)30-3/h6-10,12,15,19H,4-5,11,13-14,16-18H2,1-3H3,(H,26,28). The molecule has 1 heterocycles. The number of carbonyl (C=O) groups is 1. The lowest BCUT2D eigenvalue weighted by Gasteiger charge is -2.30. The Morgan fingerprint density at radius 2 is 1.73 bits per heavy atom. The largest absolute Gasteiger partial charge is 0.493 e. The highest BCUT2D eigenvalue weighted by Crippen LogP contribution is 2.28. The van der Waals surface area contributed by atoms with Crippen LogP contribution < -0.4 is 14.8 Å². The van der Waals surface area contributed by atoms with Gasteiger partial charge < -0.3 is 14.8 Å². The minimum Gasteiger partial charge on any atom is -0.493 e. The monoisotopic (exact) mass is 410 g/mol. The zero-order valence-electron chi connectivity index (χ0n) is 18.4. The number of aryl methyl sites for hydroxylation is 1. The number of likely N-dealkylation sites (tertiary alicyclic amines) is 1. The van der Waals surface area contributed by atoms with Crippen LogP contribution in [-0.2, 0) is 24.3 Å². The van der Waals surface area contributed by atoms with E-state index in [0.717, 1.165) is 23.6 Å². The zero-order valence-corrected chi connectivity index (χ0v) is 18.4. The van der Waals surface area contributed by atoms with Crippen molar-refractivity contribution < 1.29 is 14.3 Å². The number of piperidine rings is 1. The first-order valence-corrected chi connectivity index (χ1v) is 10.8. The summed E-state index contributed by atoms with van der Waals surface area (Å²) < 4.78 is 10.6. The van der Waals surface area contributed by atoms with Crippen molar-refractivity contribution in [3.8, 4) is 11.5 Å². The van der Waals surface area contributed by atoms with Gasteiger partial charge in [0.2, 0.25) is 5.91 Å². The second-order valence-electron chi connectivity index (χ2n) is 8.27. The third-order valence-corrected chi connectivity index (χ3v) is 5.75. The number of amides is 1. The van der Waals surface area contributed by atoms with Crippen molar-refractivity contribution in [1.82, 2.24) is 10.2 Å². The molecule has 0 spiro atoms. The summed E-state index contributed by atoms with van der Waals surface area (Å²) in [6.07, 6.45) is 3.76. The van der Waals surface area contributed by atoms with Crippen LogP contribution in [0.4, 0.5) is 0 Å². The molecule has 1 unspecified atom stereocenters. The van der Waals surface area contributed by atoms with E-state index in [9.17, 15) is 4.79 Å². The molecule has 1 fully saturated rings. The highest BCUT2D eigenvalue weighted by atomic mass is 16.5. The second-order valence-corrected chi connectivity index (χ2v) is 8.27. The quantitative estimate of drug-likeness (QED) is 0.674. The van der Waals surface area contributed by atoms with Gasteiger partial charge in [-0.2, -0.15) is 0 Å². The van der Waals surface area contributed by atoms with Crippen LogP contribution in [0.25, 0.3) is 0 Å². The lowest BCUT2D eigenvalue weighted by Crippen LogP contribution is -2.33. The summed E-state index contributed by atoms with van der Waals surface area (Å²) in [7, 11) is 3.23. The third-order valence-electron chi connectivity index (χ3n) is 5.75. The summed E-state index contributed by atoms with van der Waals surface area (Å²) in [5.41, 5.74) is 3.53. The first kappa shape index (κ1) is 22.2. The Balaban J connectivity index is 1.42. The molecule has 1 aliphatic rings. The van der Waals surface area contributed by atoms with Gasteiger partial charge in [-0.25, -0.2) is 0 Å². The molecule has 30 heavy (non-hydrogen) atoms. The summed E-state index contributed by atoms with van der Waals surface area (Å²) in [5, 5.41) is 3.02. The first-order chi connectivity index (χ1) is 14.6. The summed E-state index contributed by atoms with van der Waals surface area (Å²) in [6, 6.07) is 14.4. The molecule has 2 aromatic rings. The van der Waals surface area contributed by atoms with Crippen LogP contribution in [0.15, 0.2) is 42.5 Å². The second kappa shape index (κ2) is 11.0. The minimum absolute atomic E-state index is 0.0520. The van der Waals surface area contributed by atoms with Crippen LogP contribution in [0.3, 0.4) is 0 Å². The minimum atomic E-state index is 0.0520. The molecule has 0 aromatic heterocycles. The number of benzene rings is 2. The van der Waals surface area contributed by atoms with E-state index in [1.165, 1.54) is 31.5 Å². The van der Waals surface area contributed by atoms with Gasteiger partial charge >= 0.3 is 0 Å². The van der Waals surface area contributed by atoms with Crippen molar-refractivity contribution in [2.75, 3.05) is 27.3 Å². The summed E-state index contributed by atoms with van der Waals surface area (Å²) in [6.45, 7) is 6.30. The Labute approximate surface area is 180 Å². The number of methoxy groups -OCH3 is 2. The number of hydrogen-bond donors (Lipinski definition) is 1. The van der Waals surface area contributed by atoms with Gasteiger partial charge in [0.05, 0.1) is 14.2 Å². The molecule has 3 rings (SSSR count). The number of carbonyl (C=O) groups excluding carboxylic acids is 1. The molecular formula is C25H34N2O3. The lowest BCUT2D eigenvalue weighted by atomic mass is 9.99. The topological polar surface area (TPSA) is 50.8 Å². The number of rotatable bonds is 9. The molecule has 5 heteroatoms. The number of ether oxygens (including phenoxy) is 2. The number of hydrogen-bond acceptors (Lipinski definition) is 4. The van der Waals surface area contributed by atoms with Gasteiger partial charge in [-0.1, -0.05) is 37.3 Å². The number of nitrogens with one attached hydrogen (secondary N) is 1. The van der Waals surface area contributed by atoms with E-state index in [1.807, 2.05) is 18.2 Å². The molecule has 1 aliphatic heterocycles. The summed E-state index contributed by atoms with van der Waals surface area (Å²) >= 11 is 0. The Bertz CT molecular complexity index is 820. The molecule has 0 radical (unpaired) electrons. The Hall–Kier alpha value is -2.53. The van der Waals surface area contributed by atoms with Crippen LogP contribution in [0.1, 0.15) is 42.9 Å². The van der Waals surface area contributed by atoms with E-state index < -0.39 is 0 Å². The van der Waals surface area contributed by atoms with Crippen LogP contribution in [0, 0.1) is 5.92 Å². The van der Waals surface area contributed by atoms with Gasteiger partial charge in [0, 0.05) is 26.1 Å². The first-order valence-electron chi connectivity index (χ1n) is 10.8. The van der Waals surface area contributed by atoms with E-state index >= 15 is 0 Å². The third kappa shape index (κ3) is 6.49. The fraction of sp³-hybridized carbons (Fsp3) is 0.480. The SMILES string of the molecule is COc1ccc(CCC(=O)NCc2ccc(CN3CCCC(C)C3)cc2)cc1OC. The van der Waals surface area contributed by atoms with Gasteiger partial charge in [0.1, 0.15) is 0 Å². The van der Waals surface area contributed by atoms with Gasteiger partial charge in [0.15, 0.2) is 11.5 Å². The van der Waals surface area contributed by atoms with E-state index in [2.05, 4.69) is 41.4 Å². The predicted octanol–water partition coefficient (Wildman–Crippen LogP) is 4.18. The van der Waals surface area contributed by atoms with Crippen molar-refractivity contribution in [3.05, 3.63) is 59.2 Å². The maximum absolute atomic E-state index is 12.3. The van der Waals surface area contributed by atoms with Crippen molar-refractivity contribution in [2.24, 2.45) is 5.92 Å². The van der Waals surface area contributed by atoms with Crippen LogP contribution >= 0.6 is 0 Å². The molecule has 5 nitrogen and oxygen atoms in total. The average molecular weight is 411 g/mol.